The third-order valence-electron chi connectivity index (χ3n) is 6.86. The van der Waals surface area contributed by atoms with Crippen molar-refractivity contribution in [3.63, 3.8) is 0 Å². The Morgan fingerprint density at radius 2 is 1.44 bits per heavy atom. The Labute approximate surface area is 192 Å². The van der Waals surface area contributed by atoms with E-state index in [1.165, 1.54) is 5.56 Å². The number of carbonyl (C=O) groups is 3. The summed E-state index contributed by atoms with van der Waals surface area (Å²) >= 11 is 0. The van der Waals surface area contributed by atoms with Crippen LogP contribution in [-0.4, -0.2) is 77.9 Å². The van der Waals surface area contributed by atoms with Crippen LogP contribution in [0.5, 0.6) is 0 Å². The van der Waals surface area contributed by atoms with Crippen molar-refractivity contribution in [3.8, 4) is 0 Å². The number of nitrogens with zero attached hydrogens (tertiary/aromatic N) is 3. The summed E-state index contributed by atoms with van der Waals surface area (Å²) in [6, 6.07) is 8.10. The minimum atomic E-state index is -0.0552. The first-order valence-electron chi connectivity index (χ1n) is 12.1. The molecule has 1 N–H and O–H groups in total. The van der Waals surface area contributed by atoms with Gasteiger partial charge in [0.15, 0.2) is 0 Å². The molecular formula is C25H38N4O3. The average Bonchev–Trinajstić information content (AvgIpc) is 2.82. The molecule has 1 aromatic carbocycles. The predicted molar refractivity (Wildman–Crippen MR) is 125 cm³/mol. The van der Waals surface area contributed by atoms with Crippen molar-refractivity contribution >= 4 is 17.8 Å². The van der Waals surface area contributed by atoms with Gasteiger partial charge in [-0.1, -0.05) is 43.7 Å². The Bertz CT molecular complexity index is 775. The third-order valence-corrected chi connectivity index (χ3v) is 6.86. The van der Waals surface area contributed by atoms with E-state index in [2.05, 4.69) is 19.2 Å². The van der Waals surface area contributed by atoms with E-state index in [0.717, 1.165) is 31.2 Å². The van der Waals surface area contributed by atoms with Gasteiger partial charge in [-0.25, -0.2) is 4.79 Å². The number of urea groups is 1. The molecule has 0 radical (unpaired) electrons. The summed E-state index contributed by atoms with van der Waals surface area (Å²) in [5.41, 5.74) is 2.21. The van der Waals surface area contributed by atoms with Gasteiger partial charge in [0.25, 0.3) is 0 Å². The van der Waals surface area contributed by atoms with Gasteiger partial charge in [-0.15, -0.1) is 0 Å². The number of amides is 4. The van der Waals surface area contributed by atoms with Gasteiger partial charge in [0.1, 0.15) is 0 Å². The number of piperazine rings is 1. The fraction of sp³-hybridized carbons (Fsp3) is 0.640. The normalized spacial score (nSPS) is 17.6. The quantitative estimate of drug-likeness (QED) is 0.736. The highest BCUT2D eigenvalue weighted by molar-refractivity contribution is 5.80. The fourth-order valence-corrected chi connectivity index (χ4v) is 4.56. The van der Waals surface area contributed by atoms with E-state index < -0.39 is 0 Å². The summed E-state index contributed by atoms with van der Waals surface area (Å²) in [5.74, 6) is 0.487. The van der Waals surface area contributed by atoms with Crippen LogP contribution in [0.15, 0.2) is 24.3 Å². The van der Waals surface area contributed by atoms with Crippen LogP contribution < -0.4 is 5.32 Å². The highest BCUT2D eigenvalue weighted by Crippen LogP contribution is 2.18. The zero-order chi connectivity index (χ0) is 23.1. The number of benzene rings is 1. The van der Waals surface area contributed by atoms with Crippen LogP contribution in [-0.2, 0) is 16.0 Å². The zero-order valence-electron chi connectivity index (χ0n) is 19.8. The highest BCUT2D eigenvalue weighted by atomic mass is 16.2. The smallest absolute Gasteiger partial charge is 0.317 e. The van der Waals surface area contributed by atoms with Crippen molar-refractivity contribution in [2.24, 2.45) is 5.92 Å². The van der Waals surface area contributed by atoms with Gasteiger partial charge >= 0.3 is 6.03 Å². The summed E-state index contributed by atoms with van der Waals surface area (Å²) in [6.45, 7) is 9.83. The topological polar surface area (TPSA) is 73.0 Å². The van der Waals surface area contributed by atoms with Crippen molar-refractivity contribution in [2.45, 2.75) is 58.9 Å². The lowest BCUT2D eigenvalue weighted by Crippen LogP contribution is -2.56. The molecule has 2 heterocycles. The first-order valence-corrected chi connectivity index (χ1v) is 12.1. The van der Waals surface area contributed by atoms with E-state index >= 15 is 0 Å². The largest absolute Gasteiger partial charge is 0.342 e. The Balaban J connectivity index is 1.39. The van der Waals surface area contributed by atoms with Crippen LogP contribution >= 0.6 is 0 Å². The highest BCUT2D eigenvalue weighted by Gasteiger charge is 2.29. The van der Waals surface area contributed by atoms with Crippen LogP contribution in [0.25, 0.3) is 0 Å². The lowest BCUT2D eigenvalue weighted by Gasteiger charge is -2.37. The molecule has 3 rings (SSSR count). The van der Waals surface area contributed by atoms with Crippen LogP contribution in [0.2, 0.25) is 0 Å². The first kappa shape index (κ1) is 24.1. The predicted octanol–water partition coefficient (Wildman–Crippen LogP) is 2.82. The van der Waals surface area contributed by atoms with Gasteiger partial charge in [0.05, 0.1) is 6.42 Å². The van der Waals surface area contributed by atoms with Crippen molar-refractivity contribution in [1.82, 2.24) is 20.0 Å². The van der Waals surface area contributed by atoms with Crippen LogP contribution in [0.1, 0.15) is 50.7 Å². The number of hydrogen-bond acceptors (Lipinski definition) is 3. The van der Waals surface area contributed by atoms with Gasteiger partial charge < -0.3 is 20.0 Å². The molecule has 0 unspecified atom stereocenters. The van der Waals surface area contributed by atoms with E-state index in [9.17, 15) is 14.4 Å². The molecule has 0 aliphatic carbocycles. The van der Waals surface area contributed by atoms with Crippen molar-refractivity contribution < 1.29 is 14.4 Å². The molecule has 2 aliphatic heterocycles. The average molecular weight is 443 g/mol. The van der Waals surface area contributed by atoms with Crippen LogP contribution in [0.4, 0.5) is 4.79 Å². The molecule has 2 fully saturated rings. The Kier molecular flexibility index (Phi) is 8.53. The van der Waals surface area contributed by atoms with E-state index in [-0.39, 0.29) is 29.8 Å². The summed E-state index contributed by atoms with van der Waals surface area (Å²) in [4.78, 5) is 43.5. The Morgan fingerprint density at radius 3 is 2.00 bits per heavy atom. The molecular weight excluding hydrogens is 404 g/mol. The van der Waals surface area contributed by atoms with Gasteiger partial charge in [-0.05, 0) is 38.2 Å². The SMILES string of the molecule is CCC(CC)C(=O)N1CCC(NC(=O)N2CCN(C(=O)Cc3ccc(C)cc3)CC2)CC1. The molecule has 2 saturated heterocycles. The van der Waals surface area contributed by atoms with E-state index in [1.807, 2.05) is 41.0 Å². The molecule has 32 heavy (non-hydrogen) atoms. The number of nitrogens with one attached hydrogen (secondary N) is 1. The molecule has 176 valence electrons. The van der Waals surface area contributed by atoms with Crippen LogP contribution in [0.3, 0.4) is 0 Å². The number of aryl methyl sites for hydroxylation is 1. The molecule has 2 aliphatic rings. The lowest BCUT2D eigenvalue weighted by molar-refractivity contribution is -0.137. The van der Waals surface area contributed by atoms with Crippen molar-refractivity contribution in [1.29, 1.82) is 0 Å². The van der Waals surface area contributed by atoms with Gasteiger partial charge in [0.2, 0.25) is 11.8 Å². The minimum Gasteiger partial charge on any atom is -0.342 e. The molecule has 7 heteroatoms. The standard InChI is InChI=1S/C25H38N4O3/c1-4-21(5-2)24(31)28-12-10-22(11-13-28)26-25(32)29-16-14-27(15-17-29)23(30)18-20-8-6-19(3)7-9-20/h6-9,21-22H,4-5,10-18H2,1-3H3,(H,26,32). The Morgan fingerprint density at radius 1 is 0.875 bits per heavy atom. The monoisotopic (exact) mass is 442 g/mol. The maximum atomic E-state index is 12.7. The zero-order valence-corrected chi connectivity index (χ0v) is 19.8. The Hall–Kier alpha value is -2.57. The molecule has 0 saturated carbocycles. The molecule has 0 bridgehead atoms. The number of piperidine rings is 1. The van der Waals surface area contributed by atoms with Crippen LogP contribution in [0, 0.1) is 12.8 Å². The van der Waals surface area contributed by atoms with Crippen molar-refractivity contribution in [3.05, 3.63) is 35.4 Å². The fourth-order valence-electron chi connectivity index (χ4n) is 4.56. The second-order valence-electron chi connectivity index (χ2n) is 9.09. The summed E-state index contributed by atoms with van der Waals surface area (Å²) < 4.78 is 0. The van der Waals surface area contributed by atoms with E-state index in [4.69, 9.17) is 0 Å². The van der Waals surface area contributed by atoms with E-state index in [0.29, 0.717) is 45.7 Å². The van der Waals surface area contributed by atoms with Crippen molar-refractivity contribution in [2.75, 3.05) is 39.3 Å². The second-order valence-corrected chi connectivity index (χ2v) is 9.09. The lowest BCUT2D eigenvalue weighted by atomic mass is 9.98. The van der Waals surface area contributed by atoms with E-state index in [1.54, 1.807) is 4.90 Å². The number of likely N-dealkylation sites (tertiary alicyclic amines) is 1. The second kappa shape index (κ2) is 11.3. The molecule has 1 aromatic rings. The molecule has 0 spiro atoms. The first-order chi connectivity index (χ1) is 15.4. The molecule has 0 aromatic heterocycles. The minimum absolute atomic E-state index is 0.0552. The van der Waals surface area contributed by atoms with Gasteiger partial charge in [0, 0.05) is 51.2 Å². The van der Waals surface area contributed by atoms with Gasteiger partial charge in [-0.3, -0.25) is 9.59 Å². The summed E-state index contributed by atoms with van der Waals surface area (Å²) in [6.07, 6.45) is 3.76. The molecule has 0 atom stereocenters. The molecule has 4 amide bonds. The number of rotatable bonds is 6. The maximum absolute atomic E-state index is 12.7. The van der Waals surface area contributed by atoms with Gasteiger partial charge in [-0.2, -0.15) is 0 Å². The maximum Gasteiger partial charge on any atom is 0.317 e. The number of hydrogen-bond donors (Lipinski definition) is 1. The summed E-state index contributed by atoms with van der Waals surface area (Å²) in [5, 5.41) is 3.14. The summed E-state index contributed by atoms with van der Waals surface area (Å²) in [7, 11) is 0. The molecule has 7 nitrogen and oxygen atoms in total. The number of carbonyl (C=O) groups excluding carboxylic acids is 3. The third kappa shape index (κ3) is 6.24.